The molecule has 174 valence electrons. The third-order valence-corrected chi connectivity index (χ3v) is 5.59. The number of nitrogens with zero attached hydrogens (tertiary/aromatic N) is 2. The Morgan fingerprint density at radius 3 is 2.41 bits per heavy atom. The molecule has 0 saturated heterocycles. The zero-order valence-corrected chi connectivity index (χ0v) is 17.4. The fourth-order valence-electron chi connectivity index (χ4n) is 3.81. The molecule has 1 saturated carbocycles. The van der Waals surface area contributed by atoms with Crippen molar-refractivity contribution in [3.8, 4) is 17.0 Å². The third kappa shape index (κ3) is 5.21. The molecule has 1 aliphatic carbocycles. The smallest absolute Gasteiger partial charge is 0.490 e. The molecule has 2 heterocycles. The van der Waals surface area contributed by atoms with Crippen LogP contribution in [0.25, 0.3) is 11.3 Å². The van der Waals surface area contributed by atoms with Gasteiger partial charge in [-0.15, -0.1) is 0 Å². The van der Waals surface area contributed by atoms with Crippen LogP contribution in [0.2, 0.25) is 0 Å². The van der Waals surface area contributed by atoms with Gasteiger partial charge in [0.15, 0.2) is 0 Å². The summed E-state index contributed by atoms with van der Waals surface area (Å²) < 4.78 is 37.2. The summed E-state index contributed by atoms with van der Waals surface area (Å²) in [6.07, 6.45) is -2.61. The number of nitrogens with one attached hydrogen (secondary N) is 1. The maximum atomic E-state index is 12.6. The molecule has 0 bridgehead atoms. The second-order valence-corrected chi connectivity index (χ2v) is 7.68. The van der Waals surface area contributed by atoms with Gasteiger partial charge in [-0.05, 0) is 31.4 Å². The predicted octanol–water partition coefficient (Wildman–Crippen LogP) is 2.42. The number of benzene rings is 1. The zero-order valence-electron chi connectivity index (χ0n) is 17.4. The van der Waals surface area contributed by atoms with Gasteiger partial charge in [-0.25, -0.2) is 4.79 Å². The number of carboxylic acid groups (broad SMARTS) is 1. The van der Waals surface area contributed by atoms with E-state index in [2.05, 4.69) is 10.2 Å². The summed E-state index contributed by atoms with van der Waals surface area (Å²) in [5.41, 5.74) is 4.17. The maximum absolute atomic E-state index is 12.6. The highest BCUT2D eigenvalue weighted by atomic mass is 19.4. The maximum Gasteiger partial charge on any atom is 0.490 e. The molecule has 1 amide bonds. The van der Waals surface area contributed by atoms with Crippen LogP contribution in [0.1, 0.15) is 24.1 Å². The molecule has 4 rings (SSSR count). The Labute approximate surface area is 182 Å². The molecule has 32 heavy (non-hydrogen) atoms. The lowest BCUT2D eigenvalue weighted by atomic mass is 9.81. The van der Waals surface area contributed by atoms with E-state index in [9.17, 15) is 23.1 Å². The molecular formula is C21H24F3N3O5. The number of para-hydroxylation sites is 1. The van der Waals surface area contributed by atoms with E-state index in [1.165, 1.54) is 5.56 Å². The molecule has 1 fully saturated rings. The summed E-state index contributed by atoms with van der Waals surface area (Å²) >= 11 is 0. The van der Waals surface area contributed by atoms with E-state index in [0.717, 1.165) is 35.5 Å². The molecule has 0 radical (unpaired) electrons. The van der Waals surface area contributed by atoms with Gasteiger partial charge in [-0.1, -0.05) is 12.1 Å². The normalized spacial score (nSPS) is 20.2. The molecule has 3 N–H and O–H groups in total. The summed E-state index contributed by atoms with van der Waals surface area (Å²) in [6, 6.07) is 7.87. The highest BCUT2D eigenvalue weighted by Gasteiger charge is 2.38. The number of aliphatic carboxylic acids is 1. The molecule has 11 heteroatoms. The zero-order chi connectivity index (χ0) is 23.5. The van der Waals surface area contributed by atoms with Crippen LogP contribution in [-0.2, 0) is 22.4 Å². The lowest BCUT2D eigenvalue weighted by molar-refractivity contribution is -0.192. The first kappa shape index (κ1) is 23.6. The van der Waals surface area contributed by atoms with Gasteiger partial charge < -0.3 is 19.8 Å². The number of fused-ring (bicyclic) bond motifs is 1. The topological polar surface area (TPSA) is 116 Å². The van der Waals surface area contributed by atoms with Gasteiger partial charge in [0.05, 0.1) is 18.9 Å². The van der Waals surface area contributed by atoms with Crippen LogP contribution in [0, 0.1) is 5.92 Å². The minimum atomic E-state index is -5.08. The predicted molar refractivity (Wildman–Crippen MR) is 107 cm³/mol. The number of aliphatic hydroxyl groups is 1. The Hall–Kier alpha value is -3.08. The summed E-state index contributed by atoms with van der Waals surface area (Å²) in [6.45, 7) is 1.39. The van der Waals surface area contributed by atoms with Crippen LogP contribution in [0.15, 0.2) is 24.3 Å². The second-order valence-electron chi connectivity index (χ2n) is 7.68. The van der Waals surface area contributed by atoms with Crippen molar-refractivity contribution in [2.75, 3.05) is 20.2 Å². The average Bonchev–Trinajstić information content (AvgIpc) is 3.01. The van der Waals surface area contributed by atoms with E-state index in [-0.39, 0.29) is 17.9 Å². The van der Waals surface area contributed by atoms with Crippen molar-refractivity contribution < 1.29 is 37.7 Å². The number of H-pyrrole nitrogens is 1. The molecule has 1 aliphatic heterocycles. The van der Waals surface area contributed by atoms with E-state index in [0.29, 0.717) is 25.9 Å². The molecule has 1 aromatic carbocycles. The summed E-state index contributed by atoms with van der Waals surface area (Å²) in [4.78, 5) is 23.4. The van der Waals surface area contributed by atoms with Crippen LogP contribution in [-0.4, -0.2) is 69.7 Å². The van der Waals surface area contributed by atoms with Gasteiger partial charge in [0.25, 0.3) is 0 Å². The number of ether oxygens (including phenoxy) is 1. The Bertz CT molecular complexity index is 970. The molecule has 0 spiro atoms. The number of alkyl halides is 3. The second kappa shape index (κ2) is 9.60. The number of methoxy groups -OCH3 is 1. The summed E-state index contributed by atoms with van der Waals surface area (Å²) in [5, 5.41) is 24.2. The minimum absolute atomic E-state index is 0.00162. The van der Waals surface area contributed by atoms with Gasteiger partial charge in [0.2, 0.25) is 5.91 Å². The first-order valence-electron chi connectivity index (χ1n) is 10.1. The largest absolute Gasteiger partial charge is 0.496 e. The molecule has 0 atom stereocenters. The SMILES string of the molecule is COc1ccccc1-c1n[nH]c2c1CCN(C(=O)C1CC(O)C1)CC2.O=C(O)C(F)(F)F. The number of aromatic nitrogens is 2. The molecule has 0 unspecified atom stereocenters. The summed E-state index contributed by atoms with van der Waals surface area (Å²) in [5.74, 6) is -1.77. The molecule has 1 aromatic heterocycles. The van der Waals surface area contributed by atoms with Crippen LogP contribution in [0.5, 0.6) is 5.75 Å². The lowest BCUT2D eigenvalue weighted by Crippen LogP contribution is -2.44. The first-order valence-corrected chi connectivity index (χ1v) is 10.1. The van der Waals surface area contributed by atoms with Crippen LogP contribution >= 0.6 is 0 Å². The Morgan fingerprint density at radius 2 is 1.81 bits per heavy atom. The molecule has 2 aliphatic rings. The number of hydrogen-bond donors (Lipinski definition) is 3. The number of carbonyl (C=O) groups is 2. The number of aliphatic hydroxyl groups excluding tert-OH is 1. The monoisotopic (exact) mass is 455 g/mol. The van der Waals surface area contributed by atoms with Crippen LogP contribution < -0.4 is 4.74 Å². The van der Waals surface area contributed by atoms with E-state index < -0.39 is 12.1 Å². The van der Waals surface area contributed by atoms with Gasteiger partial charge in [-0.2, -0.15) is 18.3 Å². The van der Waals surface area contributed by atoms with Crippen LogP contribution in [0.4, 0.5) is 13.2 Å². The van der Waals surface area contributed by atoms with Gasteiger partial charge in [0, 0.05) is 42.2 Å². The van der Waals surface area contributed by atoms with Crippen molar-refractivity contribution in [2.24, 2.45) is 5.92 Å². The number of rotatable bonds is 3. The molecule has 8 nitrogen and oxygen atoms in total. The van der Waals surface area contributed by atoms with Crippen molar-refractivity contribution >= 4 is 11.9 Å². The summed E-state index contributed by atoms with van der Waals surface area (Å²) in [7, 11) is 1.66. The van der Waals surface area contributed by atoms with Gasteiger partial charge in [-0.3, -0.25) is 9.89 Å². The highest BCUT2D eigenvalue weighted by Crippen LogP contribution is 2.34. The van der Waals surface area contributed by atoms with Crippen molar-refractivity contribution in [1.29, 1.82) is 0 Å². The van der Waals surface area contributed by atoms with E-state index in [4.69, 9.17) is 14.6 Å². The van der Waals surface area contributed by atoms with Crippen molar-refractivity contribution in [3.05, 3.63) is 35.5 Å². The lowest BCUT2D eigenvalue weighted by Gasteiger charge is -2.34. The standard InChI is InChI=1S/C19H23N3O3.C2HF3O2/c1-25-17-5-3-2-4-15(17)18-14-6-8-22(9-7-16(14)20-21-18)19(24)12-10-13(23)11-12;3-2(4,5)1(6)7/h2-5,12-13,23H,6-11H2,1H3,(H,20,21);(H,6,7). The first-order chi connectivity index (χ1) is 15.1. The Balaban J connectivity index is 0.000000360. The number of amides is 1. The molecular weight excluding hydrogens is 431 g/mol. The van der Waals surface area contributed by atoms with Gasteiger partial charge in [0.1, 0.15) is 5.75 Å². The average molecular weight is 455 g/mol. The van der Waals surface area contributed by atoms with E-state index >= 15 is 0 Å². The minimum Gasteiger partial charge on any atom is -0.496 e. The van der Waals surface area contributed by atoms with Crippen molar-refractivity contribution in [3.63, 3.8) is 0 Å². The quantitative estimate of drug-likeness (QED) is 0.655. The number of aromatic amines is 1. The van der Waals surface area contributed by atoms with Crippen molar-refractivity contribution in [1.82, 2.24) is 15.1 Å². The Morgan fingerprint density at radius 1 is 1.19 bits per heavy atom. The Kier molecular flexibility index (Phi) is 7.07. The highest BCUT2D eigenvalue weighted by molar-refractivity contribution is 5.80. The van der Waals surface area contributed by atoms with Gasteiger partial charge >= 0.3 is 12.1 Å². The third-order valence-electron chi connectivity index (χ3n) is 5.59. The number of carbonyl (C=O) groups excluding carboxylic acids is 1. The van der Waals surface area contributed by atoms with Crippen LogP contribution in [0.3, 0.4) is 0 Å². The fourth-order valence-corrected chi connectivity index (χ4v) is 3.81. The van der Waals surface area contributed by atoms with E-state index in [1.54, 1.807) is 7.11 Å². The molecule has 2 aromatic rings. The fraction of sp³-hybridized carbons (Fsp3) is 0.476. The van der Waals surface area contributed by atoms with E-state index in [1.807, 2.05) is 29.2 Å². The van der Waals surface area contributed by atoms with Crippen molar-refractivity contribution in [2.45, 2.75) is 38.0 Å². The number of hydrogen-bond acceptors (Lipinski definition) is 5. The number of halogens is 3. The number of carboxylic acids is 1.